The van der Waals surface area contributed by atoms with Gasteiger partial charge in [0.05, 0.1) is 6.26 Å². The summed E-state index contributed by atoms with van der Waals surface area (Å²) in [5, 5.41) is 0. The van der Waals surface area contributed by atoms with Gasteiger partial charge in [-0.1, -0.05) is 0 Å². The Labute approximate surface area is 108 Å². The lowest BCUT2D eigenvalue weighted by molar-refractivity contribution is -0.274. The van der Waals surface area contributed by atoms with E-state index in [1.807, 2.05) is 0 Å². The predicted molar refractivity (Wildman–Crippen MR) is 59.4 cm³/mol. The van der Waals surface area contributed by atoms with Gasteiger partial charge in [-0.15, -0.1) is 13.2 Å². The molecule has 0 amide bonds. The fourth-order valence-electron chi connectivity index (χ4n) is 1.08. The Morgan fingerprint density at radius 3 is 2.05 bits per heavy atom. The van der Waals surface area contributed by atoms with Gasteiger partial charge in [0.15, 0.2) is 0 Å². The van der Waals surface area contributed by atoms with Crippen molar-refractivity contribution < 1.29 is 35.2 Å². The molecule has 19 heavy (non-hydrogen) atoms. The molecule has 1 rings (SSSR count). The third-order valence-electron chi connectivity index (χ3n) is 1.71. The molecule has 0 aromatic heterocycles. The minimum Gasteiger partial charge on any atom is -0.491 e. The Bertz CT molecular complexity index is 495. The van der Waals surface area contributed by atoms with Gasteiger partial charge < -0.3 is 9.47 Å². The Balaban J connectivity index is 2.40. The summed E-state index contributed by atoms with van der Waals surface area (Å²) in [6.07, 6.45) is -3.85. The van der Waals surface area contributed by atoms with Crippen LogP contribution in [0.5, 0.6) is 11.5 Å². The molecule has 0 spiro atoms. The van der Waals surface area contributed by atoms with Gasteiger partial charge in [0.1, 0.15) is 24.7 Å². The topological polar surface area (TPSA) is 61.8 Å². The molecule has 0 aliphatic carbocycles. The molecule has 0 fully saturated rings. The van der Waals surface area contributed by atoms with E-state index >= 15 is 0 Å². The summed E-state index contributed by atoms with van der Waals surface area (Å²) in [7, 11) is -3.53. The van der Waals surface area contributed by atoms with Crippen LogP contribution in [0.2, 0.25) is 0 Å². The van der Waals surface area contributed by atoms with Crippen LogP contribution < -0.4 is 9.47 Å². The summed E-state index contributed by atoms with van der Waals surface area (Å²) in [4.78, 5) is 0. The molecule has 1 aromatic carbocycles. The second-order valence-electron chi connectivity index (χ2n) is 3.39. The SMILES string of the molecule is CS(=O)(=O)OCCOc1ccc(OC(F)(F)F)cc1. The zero-order chi connectivity index (χ0) is 14.5. The Morgan fingerprint density at radius 1 is 1.05 bits per heavy atom. The number of benzene rings is 1. The molecule has 0 bridgehead atoms. The normalized spacial score (nSPS) is 12.2. The van der Waals surface area contributed by atoms with Crippen LogP contribution in [0.1, 0.15) is 0 Å². The minimum atomic E-state index is -4.74. The predicted octanol–water partition coefficient (Wildman–Crippen LogP) is 1.94. The van der Waals surface area contributed by atoms with Gasteiger partial charge in [-0.3, -0.25) is 4.18 Å². The van der Waals surface area contributed by atoms with Crippen LogP contribution in [0.25, 0.3) is 0 Å². The van der Waals surface area contributed by atoms with E-state index in [1.54, 1.807) is 0 Å². The molecule has 108 valence electrons. The molecular formula is C10H11F3O5S. The smallest absolute Gasteiger partial charge is 0.491 e. The fraction of sp³-hybridized carbons (Fsp3) is 0.400. The lowest BCUT2D eigenvalue weighted by atomic mass is 10.3. The van der Waals surface area contributed by atoms with Crippen molar-refractivity contribution in [3.05, 3.63) is 24.3 Å². The van der Waals surface area contributed by atoms with Gasteiger partial charge in [0, 0.05) is 0 Å². The van der Waals surface area contributed by atoms with Gasteiger partial charge in [-0.2, -0.15) is 8.42 Å². The average Bonchev–Trinajstić information content (AvgIpc) is 2.23. The first kappa shape index (κ1) is 15.6. The highest BCUT2D eigenvalue weighted by Crippen LogP contribution is 2.24. The van der Waals surface area contributed by atoms with E-state index in [-0.39, 0.29) is 24.7 Å². The summed E-state index contributed by atoms with van der Waals surface area (Å²) in [6, 6.07) is 4.70. The van der Waals surface area contributed by atoms with Gasteiger partial charge in [-0.05, 0) is 24.3 Å². The monoisotopic (exact) mass is 300 g/mol. The molecule has 0 radical (unpaired) electrons. The summed E-state index contributed by atoms with van der Waals surface area (Å²) >= 11 is 0. The minimum absolute atomic E-state index is 0.0491. The number of halogens is 3. The molecule has 0 aliphatic heterocycles. The van der Waals surface area contributed by atoms with E-state index in [1.165, 1.54) is 12.1 Å². The maximum absolute atomic E-state index is 11.9. The second kappa shape index (κ2) is 6.11. The lowest BCUT2D eigenvalue weighted by Crippen LogP contribution is -2.17. The maximum atomic E-state index is 11.9. The zero-order valence-corrected chi connectivity index (χ0v) is 10.6. The van der Waals surface area contributed by atoms with Crippen molar-refractivity contribution in [2.45, 2.75) is 6.36 Å². The highest BCUT2D eigenvalue weighted by atomic mass is 32.2. The van der Waals surface area contributed by atoms with Crippen LogP contribution in [0, 0.1) is 0 Å². The van der Waals surface area contributed by atoms with Crippen molar-refractivity contribution in [3.8, 4) is 11.5 Å². The Morgan fingerprint density at radius 2 is 1.58 bits per heavy atom. The van der Waals surface area contributed by atoms with Crippen molar-refractivity contribution >= 4 is 10.1 Å². The van der Waals surface area contributed by atoms with E-state index in [9.17, 15) is 21.6 Å². The fourth-order valence-corrected chi connectivity index (χ4v) is 1.45. The van der Waals surface area contributed by atoms with Gasteiger partial charge in [0.2, 0.25) is 0 Å². The van der Waals surface area contributed by atoms with E-state index in [2.05, 4.69) is 8.92 Å². The van der Waals surface area contributed by atoms with E-state index in [0.717, 1.165) is 18.4 Å². The van der Waals surface area contributed by atoms with Crippen LogP contribution >= 0.6 is 0 Å². The molecule has 0 atom stereocenters. The third-order valence-corrected chi connectivity index (χ3v) is 2.30. The van der Waals surface area contributed by atoms with Crippen molar-refractivity contribution in [2.75, 3.05) is 19.5 Å². The van der Waals surface area contributed by atoms with Crippen molar-refractivity contribution in [1.82, 2.24) is 0 Å². The van der Waals surface area contributed by atoms with E-state index in [0.29, 0.717) is 0 Å². The molecule has 9 heteroatoms. The van der Waals surface area contributed by atoms with Crippen molar-refractivity contribution in [2.24, 2.45) is 0 Å². The quantitative estimate of drug-likeness (QED) is 0.593. The highest BCUT2D eigenvalue weighted by Gasteiger charge is 2.30. The first-order valence-electron chi connectivity index (χ1n) is 4.99. The molecular weight excluding hydrogens is 289 g/mol. The van der Waals surface area contributed by atoms with Crippen molar-refractivity contribution in [1.29, 1.82) is 0 Å². The third kappa shape index (κ3) is 7.52. The number of ether oxygens (including phenoxy) is 2. The van der Waals surface area contributed by atoms with E-state index in [4.69, 9.17) is 4.74 Å². The van der Waals surface area contributed by atoms with Gasteiger partial charge in [-0.25, -0.2) is 0 Å². The molecule has 0 N–H and O–H groups in total. The Hall–Kier alpha value is -1.48. The summed E-state index contributed by atoms with van der Waals surface area (Å²) in [6.45, 7) is -0.230. The highest BCUT2D eigenvalue weighted by molar-refractivity contribution is 7.85. The number of hydrogen-bond acceptors (Lipinski definition) is 5. The van der Waals surface area contributed by atoms with Crippen LogP contribution in [0.15, 0.2) is 24.3 Å². The Kier molecular flexibility index (Phi) is 5.01. The molecule has 0 aliphatic rings. The van der Waals surface area contributed by atoms with E-state index < -0.39 is 16.5 Å². The molecule has 0 saturated carbocycles. The first-order valence-corrected chi connectivity index (χ1v) is 6.80. The summed E-state index contributed by atoms with van der Waals surface area (Å²) in [5.74, 6) is -0.0983. The number of hydrogen-bond donors (Lipinski definition) is 0. The molecule has 0 heterocycles. The molecule has 5 nitrogen and oxygen atoms in total. The first-order chi connectivity index (χ1) is 8.66. The average molecular weight is 300 g/mol. The van der Waals surface area contributed by atoms with Crippen LogP contribution in [-0.2, 0) is 14.3 Å². The second-order valence-corrected chi connectivity index (χ2v) is 5.04. The maximum Gasteiger partial charge on any atom is 0.573 e. The largest absolute Gasteiger partial charge is 0.573 e. The van der Waals surface area contributed by atoms with Crippen LogP contribution in [0.4, 0.5) is 13.2 Å². The number of alkyl halides is 3. The summed E-state index contributed by atoms with van der Waals surface area (Å²) < 4.78 is 70.0. The van der Waals surface area contributed by atoms with Gasteiger partial charge in [0.25, 0.3) is 10.1 Å². The number of rotatable bonds is 6. The van der Waals surface area contributed by atoms with Crippen LogP contribution in [0.3, 0.4) is 0 Å². The molecule has 0 unspecified atom stereocenters. The van der Waals surface area contributed by atoms with Crippen LogP contribution in [-0.4, -0.2) is 34.2 Å². The zero-order valence-electron chi connectivity index (χ0n) is 9.81. The summed E-state index contributed by atoms with van der Waals surface area (Å²) in [5.41, 5.74) is 0. The van der Waals surface area contributed by atoms with Gasteiger partial charge >= 0.3 is 6.36 Å². The molecule has 0 saturated heterocycles. The lowest BCUT2D eigenvalue weighted by Gasteiger charge is -2.10. The van der Waals surface area contributed by atoms with Crippen molar-refractivity contribution in [3.63, 3.8) is 0 Å². The standard InChI is InChI=1S/C10H11F3O5S/c1-19(14,15)17-7-6-16-8-2-4-9(5-3-8)18-10(11,12)13/h2-5H,6-7H2,1H3. The molecule has 1 aromatic rings.